The average Bonchev–Trinajstić information content (AvgIpc) is 2.81. The fourth-order valence-corrected chi connectivity index (χ4v) is 3.54. The van der Waals surface area contributed by atoms with Gasteiger partial charge >= 0.3 is 0 Å². The van der Waals surface area contributed by atoms with Crippen LogP contribution in [0.25, 0.3) is 6.08 Å². The quantitative estimate of drug-likeness (QED) is 0.524. The zero-order chi connectivity index (χ0) is 18.1. The molecule has 1 aliphatic rings. The van der Waals surface area contributed by atoms with E-state index in [1.165, 1.54) is 0 Å². The fraction of sp³-hybridized carbons (Fsp3) is 0.158. The summed E-state index contributed by atoms with van der Waals surface area (Å²) >= 11 is 17.8. The minimum absolute atomic E-state index is 0.140. The SMILES string of the molecule is CCN1C(=O)/C(=C/c2ccc(Cl)cc2Cl)N(c2ccc(C)cc2)C1=S. The van der Waals surface area contributed by atoms with Crippen molar-refractivity contribution in [3.05, 3.63) is 69.3 Å². The summed E-state index contributed by atoms with van der Waals surface area (Å²) in [5.74, 6) is -0.140. The van der Waals surface area contributed by atoms with E-state index in [9.17, 15) is 4.79 Å². The Balaban J connectivity index is 2.12. The van der Waals surface area contributed by atoms with Gasteiger partial charge in [-0.1, -0.05) is 47.0 Å². The number of hydrogen-bond acceptors (Lipinski definition) is 2. The van der Waals surface area contributed by atoms with E-state index in [1.54, 1.807) is 34.1 Å². The molecule has 128 valence electrons. The zero-order valence-corrected chi connectivity index (χ0v) is 16.1. The number of carbonyl (C=O) groups is 1. The van der Waals surface area contributed by atoms with Crippen molar-refractivity contribution in [3.8, 4) is 0 Å². The normalized spacial score (nSPS) is 16.2. The van der Waals surface area contributed by atoms with E-state index in [4.69, 9.17) is 35.4 Å². The molecule has 1 amide bonds. The molecular formula is C19H16Cl2N2OS. The van der Waals surface area contributed by atoms with Crippen molar-refractivity contribution in [2.24, 2.45) is 0 Å². The molecule has 2 aromatic carbocycles. The lowest BCUT2D eigenvalue weighted by Gasteiger charge is -2.20. The molecule has 0 N–H and O–H groups in total. The Bertz CT molecular complexity index is 877. The average molecular weight is 391 g/mol. The van der Waals surface area contributed by atoms with Crippen LogP contribution in [0.3, 0.4) is 0 Å². The summed E-state index contributed by atoms with van der Waals surface area (Å²) in [6.45, 7) is 4.42. The van der Waals surface area contributed by atoms with Crippen LogP contribution in [0.15, 0.2) is 48.2 Å². The first-order valence-electron chi connectivity index (χ1n) is 7.81. The summed E-state index contributed by atoms with van der Waals surface area (Å²) in [7, 11) is 0. The highest BCUT2D eigenvalue weighted by molar-refractivity contribution is 7.80. The van der Waals surface area contributed by atoms with Gasteiger partial charge in [0, 0.05) is 22.3 Å². The largest absolute Gasteiger partial charge is 0.283 e. The highest BCUT2D eigenvalue weighted by Crippen LogP contribution is 2.32. The maximum Gasteiger partial charge on any atom is 0.277 e. The van der Waals surface area contributed by atoms with E-state index < -0.39 is 0 Å². The Morgan fingerprint density at radius 3 is 2.40 bits per heavy atom. The van der Waals surface area contributed by atoms with Crippen molar-refractivity contribution >= 4 is 58.2 Å². The first-order chi connectivity index (χ1) is 11.9. The minimum atomic E-state index is -0.140. The second-order valence-electron chi connectivity index (χ2n) is 5.70. The van der Waals surface area contributed by atoms with E-state index in [0.717, 1.165) is 11.3 Å². The maximum atomic E-state index is 12.8. The van der Waals surface area contributed by atoms with E-state index in [-0.39, 0.29) is 5.91 Å². The summed E-state index contributed by atoms with van der Waals surface area (Å²) in [6.07, 6.45) is 1.75. The van der Waals surface area contributed by atoms with Gasteiger partial charge in [-0.2, -0.15) is 0 Å². The van der Waals surface area contributed by atoms with Gasteiger partial charge in [-0.25, -0.2) is 0 Å². The number of thiocarbonyl (C=S) groups is 1. The van der Waals surface area contributed by atoms with Crippen LogP contribution in [0, 0.1) is 6.92 Å². The molecule has 25 heavy (non-hydrogen) atoms. The predicted molar refractivity (Wildman–Crippen MR) is 108 cm³/mol. The molecule has 1 fully saturated rings. The van der Waals surface area contributed by atoms with Crippen molar-refractivity contribution in [2.45, 2.75) is 13.8 Å². The van der Waals surface area contributed by atoms with Crippen molar-refractivity contribution in [2.75, 3.05) is 11.4 Å². The molecule has 0 atom stereocenters. The van der Waals surface area contributed by atoms with Gasteiger partial charge in [0.2, 0.25) is 0 Å². The third-order valence-corrected chi connectivity index (χ3v) is 4.96. The zero-order valence-electron chi connectivity index (χ0n) is 13.8. The van der Waals surface area contributed by atoms with Crippen LogP contribution >= 0.6 is 35.4 Å². The van der Waals surface area contributed by atoms with Crippen molar-refractivity contribution < 1.29 is 4.79 Å². The molecule has 1 aliphatic heterocycles. The molecule has 6 heteroatoms. The molecule has 0 unspecified atom stereocenters. The van der Waals surface area contributed by atoms with Crippen LogP contribution in [0.4, 0.5) is 5.69 Å². The summed E-state index contributed by atoms with van der Waals surface area (Å²) in [5.41, 5.74) is 3.17. The highest BCUT2D eigenvalue weighted by Gasteiger charge is 2.38. The smallest absolute Gasteiger partial charge is 0.277 e. The van der Waals surface area contributed by atoms with Crippen LogP contribution < -0.4 is 4.90 Å². The van der Waals surface area contributed by atoms with Crippen molar-refractivity contribution in [1.29, 1.82) is 0 Å². The summed E-state index contributed by atoms with van der Waals surface area (Å²) in [4.78, 5) is 16.2. The molecule has 2 aromatic rings. The van der Waals surface area contributed by atoms with Crippen LogP contribution in [-0.2, 0) is 4.79 Å². The van der Waals surface area contributed by atoms with Gasteiger partial charge in [0.25, 0.3) is 5.91 Å². The van der Waals surface area contributed by atoms with Crippen LogP contribution in [0.2, 0.25) is 10.0 Å². The lowest BCUT2D eigenvalue weighted by molar-refractivity contribution is -0.122. The molecule has 0 aromatic heterocycles. The highest BCUT2D eigenvalue weighted by atomic mass is 35.5. The van der Waals surface area contributed by atoms with Gasteiger partial charge < -0.3 is 0 Å². The number of likely N-dealkylation sites (N-methyl/N-ethyl adjacent to an activating group) is 1. The Morgan fingerprint density at radius 1 is 1.12 bits per heavy atom. The van der Waals surface area contributed by atoms with E-state index in [1.807, 2.05) is 38.1 Å². The molecule has 0 radical (unpaired) electrons. The van der Waals surface area contributed by atoms with Gasteiger partial charge in [0.05, 0.1) is 0 Å². The van der Waals surface area contributed by atoms with Crippen molar-refractivity contribution in [3.63, 3.8) is 0 Å². The third kappa shape index (κ3) is 3.43. The van der Waals surface area contributed by atoms with Crippen LogP contribution in [0.1, 0.15) is 18.1 Å². The van der Waals surface area contributed by atoms with Gasteiger partial charge in [-0.15, -0.1) is 0 Å². The van der Waals surface area contributed by atoms with E-state index in [0.29, 0.717) is 33.0 Å². The van der Waals surface area contributed by atoms with Crippen molar-refractivity contribution in [1.82, 2.24) is 4.90 Å². The number of halogens is 2. The first kappa shape index (κ1) is 17.9. The van der Waals surface area contributed by atoms with E-state index >= 15 is 0 Å². The molecule has 0 saturated carbocycles. The summed E-state index contributed by atoms with van der Waals surface area (Å²) in [6, 6.07) is 13.1. The number of benzene rings is 2. The van der Waals surface area contributed by atoms with E-state index in [2.05, 4.69) is 0 Å². The Hall–Kier alpha value is -1.88. The Morgan fingerprint density at radius 2 is 1.80 bits per heavy atom. The number of anilines is 1. The van der Waals surface area contributed by atoms with Gasteiger partial charge in [0.1, 0.15) is 5.70 Å². The first-order valence-corrected chi connectivity index (χ1v) is 8.98. The number of carbonyl (C=O) groups excluding carboxylic acids is 1. The second-order valence-corrected chi connectivity index (χ2v) is 6.91. The maximum absolute atomic E-state index is 12.8. The molecule has 1 saturated heterocycles. The number of aryl methyl sites for hydroxylation is 1. The molecular weight excluding hydrogens is 375 g/mol. The molecule has 0 bridgehead atoms. The monoisotopic (exact) mass is 390 g/mol. The summed E-state index contributed by atoms with van der Waals surface area (Å²) in [5, 5.41) is 1.50. The predicted octanol–water partition coefficient (Wildman–Crippen LogP) is 5.30. The fourth-order valence-electron chi connectivity index (χ4n) is 2.66. The Labute approximate surface area is 162 Å². The van der Waals surface area contributed by atoms with Crippen LogP contribution in [0.5, 0.6) is 0 Å². The second kappa shape index (κ2) is 7.16. The summed E-state index contributed by atoms with van der Waals surface area (Å²) < 4.78 is 0. The molecule has 3 rings (SSSR count). The number of amides is 1. The molecule has 1 heterocycles. The number of hydrogen-bond donors (Lipinski definition) is 0. The number of rotatable bonds is 3. The Kier molecular flexibility index (Phi) is 5.13. The standard InChI is InChI=1S/C19H16Cl2N2OS/c1-3-22-18(24)17(10-13-6-7-14(20)11-16(13)21)23(19(22)25)15-8-4-12(2)5-9-15/h4-11H,3H2,1-2H3/b17-10-. The third-order valence-electron chi connectivity index (χ3n) is 3.99. The van der Waals surface area contributed by atoms with Gasteiger partial charge in [0.15, 0.2) is 5.11 Å². The lowest BCUT2D eigenvalue weighted by Crippen LogP contribution is -2.32. The molecule has 0 spiro atoms. The number of nitrogens with zero attached hydrogens (tertiary/aromatic N) is 2. The minimum Gasteiger partial charge on any atom is -0.283 e. The van der Waals surface area contributed by atoms with Gasteiger partial charge in [-0.05, 0) is 62.0 Å². The van der Waals surface area contributed by atoms with Crippen LogP contribution in [-0.4, -0.2) is 22.5 Å². The molecule has 0 aliphatic carbocycles. The van der Waals surface area contributed by atoms with Gasteiger partial charge in [-0.3, -0.25) is 14.6 Å². The lowest BCUT2D eigenvalue weighted by atomic mass is 10.1. The molecule has 3 nitrogen and oxygen atoms in total. The topological polar surface area (TPSA) is 23.6 Å².